The number of anilines is 1. The molecule has 4 aromatic rings. The van der Waals surface area contributed by atoms with Crippen LogP contribution in [0.1, 0.15) is 5.56 Å². The summed E-state index contributed by atoms with van der Waals surface area (Å²) in [6.07, 6.45) is 3.01. The van der Waals surface area contributed by atoms with Gasteiger partial charge in [-0.25, -0.2) is 0 Å². The van der Waals surface area contributed by atoms with E-state index >= 15 is 0 Å². The molecule has 0 aliphatic heterocycles. The van der Waals surface area contributed by atoms with E-state index in [4.69, 9.17) is 13.3 Å². The summed E-state index contributed by atoms with van der Waals surface area (Å²) in [5.74, 6) is 1.17. The highest BCUT2D eigenvalue weighted by molar-refractivity contribution is 8.00. The molecule has 0 saturated heterocycles. The Morgan fingerprint density at radius 2 is 1.71 bits per heavy atom. The predicted octanol–water partition coefficient (Wildman–Crippen LogP) is 5.40. The van der Waals surface area contributed by atoms with Crippen molar-refractivity contribution in [2.45, 2.75) is 4.90 Å². The first kappa shape index (κ1) is 17.8. The zero-order valence-electron chi connectivity index (χ0n) is 14.5. The van der Waals surface area contributed by atoms with Gasteiger partial charge >= 0.3 is 0 Å². The molecule has 1 aromatic carbocycles. The number of furan rings is 3. The summed E-state index contributed by atoms with van der Waals surface area (Å²) in [6, 6.07) is 18.5. The van der Waals surface area contributed by atoms with Crippen LogP contribution in [0.15, 0.2) is 85.3 Å². The number of carbonyl (C=O) groups excluding carboxylic acids is 1. The Morgan fingerprint density at radius 3 is 2.36 bits per heavy atom. The smallest absolute Gasteiger partial charge is 0.237 e. The van der Waals surface area contributed by atoms with E-state index in [9.17, 15) is 10.1 Å². The lowest BCUT2D eigenvalue weighted by Crippen LogP contribution is -2.14. The minimum Gasteiger partial charge on any atom is -0.464 e. The molecule has 0 fully saturated rings. The minimum atomic E-state index is -0.281. The van der Waals surface area contributed by atoms with Crippen LogP contribution in [-0.4, -0.2) is 11.7 Å². The highest BCUT2D eigenvalue weighted by Crippen LogP contribution is 2.41. The van der Waals surface area contributed by atoms with Crippen molar-refractivity contribution in [1.82, 2.24) is 0 Å². The Bertz CT molecular complexity index is 1110. The van der Waals surface area contributed by atoms with Gasteiger partial charge in [0, 0.05) is 4.90 Å². The van der Waals surface area contributed by atoms with E-state index in [1.165, 1.54) is 24.3 Å². The highest BCUT2D eigenvalue weighted by Gasteiger charge is 2.27. The van der Waals surface area contributed by atoms with Crippen molar-refractivity contribution in [1.29, 1.82) is 5.26 Å². The normalized spacial score (nSPS) is 10.5. The number of amides is 1. The van der Waals surface area contributed by atoms with Gasteiger partial charge in [-0.05, 0) is 36.4 Å². The second kappa shape index (κ2) is 7.94. The zero-order chi connectivity index (χ0) is 19.3. The van der Waals surface area contributed by atoms with Gasteiger partial charge in [-0.3, -0.25) is 10.1 Å². The first-order valence-electron chi connectivity index (χ1n) is 8.38. The third-order valence-corrected chi connectivity index (χ3v) is 4.91. The topological polar surface area (TPSA) is 92.3 Å². The molecule has 0 spiro atoms. The second-order valence-corrected chi connectivity index (χ2v) is 6.78. The molecule has 4 rings (SSSR count). The van der Waals surface area contributed by atoms with Gasteiger partial charge in [0.2, 0.25) is 11.8 Å². The van der Waals surface area contributed by atoms with Crippen LogP contribution in [0.5, 0.6) is 0 Å². The van der Waals surface area contributed by atoms with Crippen molar-refractivity contribution < 1.29 is 18.0 Å². The fraction of sp³-hybridized carbons (Fsp3) is 0.0476. The van der Waals surface area contributed by atoms with E-state index in [-0.39, 0.29) is 23.1 Å². The number of nitrogens with zero attached hydrogens (tertiary/aromatic N) is 1. The summed E-state index contributed by atoms with van der Waals surface area (Å²) < 4.78 is 16.7. The van der Waals surface area contributed by atoms with Crippen molar-refractivity contribution in [3.05, 3.63) is 72.7 Å². The number of benzene rings is 1. The quantitative estimate of drug-likeness (QED) is 0.443. The fourth-order valence-corrected chi connectivity index (χ4v) is 3.41. The van der Waals surface area contributed by atoms with Crippen molar-refractivity contribution in [2.75, 3.05) is 11.1 Å². The average molecular weight is 390 g/mol. The van der Waals surface area contributed by atoms with Gasteiger partial charge < -0.3 is 13.3 Å². The summed E-state index contributed by atoms with van der Waals surface area (Å²) in [4.78, 5) is 13.4. The van der Waals surface area contributed by atoms with Crippen LogP contribution in [0.3, 0.4) is 0 Å². The summed E-state index contributed by atoms with van der Waals surface area (Å²) >= 11 is 1.39. The standard InChI is InChI=1S/C21H14N2O4S/c22-12-15-19(16-8-4-10-25-16)20(17-9-5-11-26-17)27-21(15)23-18(24)13-28-14-6-2-1-3-7-14/h1-11H,13H2,(H,23,24). The maximum Gasteiger partial charge on any atom is 0.237 e. The van der Waals surface area contributed by atoms with Crippen molar-refractivity contribution >= 4 is 23.6 Å². The monoisotopic (exact) mass is 390 g/mol. The molecule has 6 nitrogen and oxygen atoms in total. The second-order valence-electron chi connectivity index (χ2n) is 5.73. The number of rotatable bonds is 6. The molecule has 0 aliphatic rings. The van der Waals surface area contributed by atoms with E-state index in [0.717, 1.165) is 4.90 Å². The highest BCUT2D eigenvalue weighted by atomic mass is 32.2. The van der Waals surface area contributed by atoms with Crippen molar-refractivity contribution in [2.24, 2.45) is 0 Å². The summed E-state index contributed by atoms with van der Waals surface area (Å²) in [5, 5.41) is 12.4. The van der Waals surface area contributed by atoms with Crippen LogP contribution >= 0.6 is 11.8 Å². The molecule has 0 radical (unpaired) electrons. The molecule has 0 unspecified atom stereocenters. The number of carbonyl (C=O) groups is 1. The summed E-state index contributed by atoms with van der Waals surface area (Å²) in [6.45, 7) is 0. The maximum atomic E-state index is 12.4. The molecule has 7 heteroatoms. The van der Waals surface area contributed by atoms with E-state index in [0.29, 0.717) is 22.8 Å². The Morgan fingerprint density at radius 1 is 1.00 bits per heavy atom. The number of nitrogens with one attached hydrogen (secondary N) is 1. The minimum absolute atomic E-state index is 0.0685. The van der Waals surface area contributed by atoms with Gasteiger partial charge in [0.25, 0.3) is 0 Å². The van der Waals surface area contributed by atoms with E-state index < -0.39 is 0 Å². The number of hydrogen-bond donors (Lipinski definition) is 1. The molecule has 0 atom stereocenters. The van der Waals surface area contributed by atoms with Crippen LogP contribution in [0.25, 0.3) is 22.8 Å². The Hall–Kier alpha value is -3.63. The molecule has 3 heterocycles. The largest absolute Gasteiger partial charge is 0.464 e. The molecule has 1 N–H and O–H groups in total. The Kier molecular flexibility index (Phi) is 5.04. The number of nitriles is 1. The summed E-state index contributed by atoms with van der Waals surface area (Å²) in [5.41, 5.74) is 0.618. The van der Waals surface area contributed by atoms with E-state index in [1.54, 1.807) is 24.3 Å². The zero-order valence-corrected chi connectivity index (χ0v) is 15.4. The number of thioether (sulfide) groups is 1. The lowest BCUT2D eigenvalue weighted by molar-refractivity contribution is -0.113. The van der Waals surface area contributed by atoms with Gasteiger partial charge in [-0.2, -0.15) is 5.26 Å². The van der Waals surface area contributed by atoms with Crippen LogP contribution < -0.4 is 5.32 Å². The first-order chi connectivity index (χ1) is 13.8. The molecule has 0 saturated carbocycles. The molecule has 0 aliphatic carbocycles. The molecular formula is C21H14N2O4S. The SMILES string of the molecule is N#Cc1c(NC(=O)CSc2ccccc2)oc(-c2ccco2)c1-c1ccco1. The number of hydrogen-bond acceptors (Lipinski definition) is 6. The van der Waals surface area contributed by atoms with E-state index in [2.05, 4.69) is 11.4 Å². The Labute approximate surface area is 164 Å². The van der Waals surface area contributed by atoms with Gasteiger partial charge in [0.05, 0.1) is 23.8 Å². The predicted molar refractivity (Wildman–Crippen MR) is 105 cm³/mol. The third kappa shape index (κ3) is 3.59. The van der Waals surface area contributed by atoms with Gasteiger partial charge in [-0.15, -0.1) is 11.8 Å². The first-order valence-corrected chi connectivity index (χ1v) is 9.37. The molecule has 0 bridgehead atoms. The van der Waals surface area contributed by atoms with Crippen LogP contribution in [0.4, 0.5) is 5.88 Å². The molecule has 1 amide bonds. The van der Waals surface area contributed by atoms with Gasteiger partial charge in [0.1, 0.15) is 17.4 Å². The molecule has 138 valence electrons. The fourth-order valence-electron chi connectivity index (χ4n) is 2.69. The Balaban J connectivity index is 1.63. The van der Waals surface area contributed by atoms with Crippen LogP contribution in [0, 0.1) is 11.3 Å². The average Bonchev–Trinajstić information content (AvgIpc) is 3.47. The van der Waals surface area contributed by atoms with Crippen LogP contribution in [-0.2, 0) is 4.79 Å². The third-order valence-electron chi connectivity index (χ3n) is 3.90. The molecular weight excluding hydrogens is 376 g/mol. The van der Waals surface area contributed by atoms with Gasteiger partial charge in [0.15, 0.2) is 11.5 Å². The van der Waals surface area contributed by atoms with Gasteiger partial charge in [-0.1, -0.05) is 18.2 Å². The molecule has 3 aromatic heterocycles. The van der Waals surface area contributed by atoms with Crippen LogP contribution in [0.2, 0.25) is 0 Å². The maximum absolute atomic E-state index is 12.4. The molecule has 28 heavy (non-hydrogen) atoms. The lowest BCUT2D eigenvalue weighted by atomic mass is 10.1. The lowest BCUT2D eigenvalue weighted by Gasteiger charge is -2.03. The van der Waals surface area contributed by atoms with E-state index in [1.807, 2.05) is 30.3 Å². The van der Waals surface area contributed by atoms with Crippen molar-refractivity contribution in [3.63, 3.8) is 0 Å². The van der Waals surface area contributed by atoms with Crippen molar-refractivity contribution in [3.8, 4) is 28.9 Å². The summed E-state index contributed by atoms with van der Waals surface area (Å²) in [7, 11) is 0.